The number of amides is 1. The van der Waals surface area contributed by atoms with Crippen LogP contribution in [0.25, 0.3) is 0 Å². The number of hydrogen-bond acceptors (Lipinski definition) is 3. The maximum absolute atomic E-state index is 11.7. The molecule has 0 fully saturated rings. The molecule has 1 aromatic rings. The maximum Gasteiger partial charge on any atom is 0.238 e. The summed E-state index contributed by atoms with van der Waals surface area (Å²) in [4.78, 5) is 11.7. The van der Waals surface area contributed by atoms with E-state index in [0.29, 0.717) is 12.5 Å². The lowest BCUT2D eigenvalue weighted by Crippen LogP contribution is -2.31. The van der Waals surface area contributed by atoms with Crippen LogP contribution in [-0.2, 0) is 4.79 Å². The molecule has 4 heteroatoms. The Bertz CT molecular complexity index is 382. The van der Waals surface area contributed by atoms with Gasteiger partial charge in [0.25, 0.3) is 0 Å². The van der Waals surface area contributed by atoms with Crippen LogP contribution >= 0.6 is 11.8 Å². The standard InChI is InChI=1S/C14H22N2OS/c1-11(10-18-3)8-15-9-14(17)16-13-7-5-4-6-12(13)2/h4-7,11,15H,8-10H2,1-3H3,(H,16,17). The molecule has 100 valence electrons. The fourth-order valence-electron chi connectivity index (χ4n) is 1.68. The highest BCUT2D eigenvalue weighted by molar-refractivity contribution is 7.98. The van der Waals surface area contributed by atoms with Crippen molar-refractivity contribution in [2.75, 3.05) is 30.4 Å². The van der Waals surface area contributed by atoms with E-state index >= 15 is 0 Å². The zero-order valence-electron chi connectivity index (χ0n) is 11.3. The third-order valence-electron chi connectivity index (χ3n) is 2.65. The van der Waals surface area contributed by atoms with Gasteiger partial charge in [0.15, 0.2) is 0 Å². The third kappa shape index (κ3) is 5.56. The molecular weight excluding hydrogens is 244 g/mol. The SMILES string of the molecule is CSCC(C)CNCC(=O)Nc1ccccc1C. The predicted octanol–water partition coefficient (Wildman–Crippen LogP) is 2.52. The van der Waals surface area contributed by atoms with E-state index in [1.165, 1.54) is 0 Å². The van der Waals surface area contributed by atoms with Gasteiger partial charge in [-0.25, -0.2) is 0 Å². The first kappa shape index (κ1) is 15.1. The summed E-state index contributed by atoms with van der Waals surface area (Å²) in [7, 11) is 0. The lowest BCUT2D eigenvalue weighted by Gasteiger charge is -2.12. The summed E-state index contributed by atoms with van der Waals surface area (Å²) >= 11 is 1.83. The van der Waals surface area contributed by atoms with E-state index in [-0.39, 0.29) is 5.91 Å². The quantitative estimate of drug-likeness (QED) is 0.797. The number of benzene rings is 1. The van der Waals surface area contributed by atoms with Crippen LogP contribution in [0.1, 0.15) is 12.5 Å². The van der Waals surface area contributed by atoms with Crippen molar-refractivity contribution in [3.8, 4) is 0 Å². The normalized spacial score (nSPS) is 12.2. The highest BCUT2D eigenvalue weighted by Crippen LogP contribution is 2.12. The average molecular weight is 266 g/mol. The molecule has 1 unspecified atom stereocenters. The van der Waals surface area contributed by atoms with Crippen molar-refractivity contribution in [3.05, 3.63) is 29.8 Å². The molecule has 1 atom stereocenters. The molecule has 3 nitrogen and oxygen atoms in total. The van der Waals surface area contributed by atoms with Crippen molar-refractivity contribution in [2.45, 2.75) is 13.8 Å². The molecule has 0 aliphatic carbocycles. The number of anilines is 1. The van der Waals surface area contributed by atoms with Crippen molar-refractivity contribution < 1.29 is 4.79 Å². The van der Waals surface area contributed by atoms with Gasteiger partial charge in [-0.1, -0.05) is 25.1 Å². The van der Waals surface area contributed by atoms with Crippen molar-refractivity contribution in [1.82, 2.24) is 5.32 Å². The molecule has 0 saturated carbocycles. The Hall–Kier alpha value is -1.00. The molecule has 1 aromatic carbocycles. The summed E-state index contributed by atoms with van der Waals surface area (Å²) in [5.74, 6) is 1.72. The van der Waals surface area contributed by atoms with Crippen LogP contribution in [-0.4, -0.2) is 31.0 Å². The minimum Gasteiger partial charge on any atom is -0.325 e. The van der Waals surface area contributed by atoms with E-state index in [9.17, 15) is 4.79 Å². The van der Waals surface area contributed by atoms with Crippen molar-refractivity contribution in [1.29, 1.82) is 0 Å². The van der Waals surface area contributed by atoms with Crippen LogP contribution in [0, 0.1) is 12.8 Å². The molecule has 0 spiro atoms. The second kappa shape index (κ2) is 8.16. The topological polar surface area (TPSA) is 41.1 Å². The Morgan fingerprint density at radius 2 is 2.11 bits per heavy atom. The number of rotatable bonds is 7. The first-order valence-electron chi connectivity index (χ1n) is 6.18. The van der Waals surface area contributed by atoms with E-state index in [1.54, 1.807) is 0 Å². The summed E-state index contributed by atoms with van der Waals surface area (Å²) in [5, 5.41) is 6.09. The zero-order chi connectivity index (χ0) is 13.4. The smallest absolute Gasteiger partial charge is 0.238 e. The number of carbonyl (C=O) groups excluding carboxylic acids is 1. The van der Waals surface area contributed by atoms with Gasteiger partial charge in [0, 0.05) is 5.69 Å². The summed E-state index contributed by atoms with van der Waals surface area (Å²) in [6.07, 6.45) is 2.10. The number of thioether (sulfide) groups is 1. The van der Waals surface area contributed by atoms with Gasteiger partial charge >= 0.3 is 0 Å². The van der Waals surface area contributed by atoms with Crippen molar-refractivity contribution in [3.63, 3.8) is 0 Å². The van der Waals surface area contributed by atoms with Crippen LogP contribution < -0.4 is 10.6 Å². The Labute approximate surface area is 114 Å². The lowest BCUT2D eigenvalue weighted by atomic mass is 10.2. The molecule has 1 amide bonds. The Balaban J connectivity index is 2.28. The van der Waals surface area contributed by atoms with Gasteiger partial charge in [-0.3, -0.25) is 4.79 Å². The van der Waals surface area contributed by atoms with E-state index in [1.807, 2.05) is 43.0 Å². The Kier molecular flexibility index (Phi) is 6.83. The molecule has 2 N–H and O–H groups in total. The number of carbonyl (C=O) groups is 1. The molecule has 0 aromatic heterocycles. The Morgan fingerprint density at radius 3 is 2.78 bits per heavy atom. The lowest BCUT2D eigenvalue weighted by molar-refractivity contribution is -0.115. The monoisotopic (exact) mass is 266 g/mol. The zero-order valence-corrected chi connectivity index (χ0v) is 12.1. The molecule has 1 rings (SSSR count). The molecule has 0 saturated heterocycles. The molecule has 0 bridgehead atoms. The van der Waals surface area contributed by atoms with E-state index < -0.39 is 0 Å². The van der Waals surface area contributed by atoms with E-state index in [0.717, 1.165) is 23.5 Å². The van der Waals surface area contributed by atoms with Crippen LogP contribution in [0.2, 0.25) is 0 Å². The summed E-state index contributed by atoms with van der Waals surface area (Å²) < 4.78 is 0. The van der Waals surface area contributed by atoms with Crippen LogP contribution in [0.15, 0.2) is 24.3 Å². The van der Waals surface area contributed by atoms with Crippen molar-refractivity contribution >= 4 is 23.4 Å². The minimum absolute atomic E-state index is 0.0145. The molecule has 0 radical (unpaired) electrons. The number of nitrogens with one attached hydrogen (secondary N) is 2. The van der Waals surface area contributed by atoms with Crippen molar-refractivity contribution in [2.24, 2.45) is 5.92 Å². The second-order valence-electron chi connectivity index (χ2n) is 4.55. The Morgan fingerprint density at radius 1 is 1.39 bits per heavy atom. The highest BCUT2D eigenvalue weighted by atomic mass is 32.2. The first-order chi connectivity index (χ1) is 8.63. The third-order valence-corrected chi connectivity index (χ3v) is 3.55. The predicted molar refractivity (Wildman–Crippen MR) is 80.2 cm³/mol. The highest BCUT2D eigenvalue weighted by Gasteiger charge is 2.05. The molecular formula is C14H22N2OS. The summed E-state index contributed by atoms with van der Waals surface area (Å²) in [6, 6.07) is 7.80. The first-order valence-corrected chi connectivity index (χ1v) is 7.58. The molecule has 0 aliphatic rings. The van der Waals surface area contributed by atoms with Gasteiger partial charge in [0.2, 0.25) is 5.91 Å². The maximum atomic E-state index is 11.7. The van der Waals surface area contributed by atoms with Gasteiger partial charge in [-0.05, 0) is 43.0 Å². The second-order valence-corrected chi connectivity index (χ2v) is 5.47. The van der Waals surface area contributed by atoms with Gasteiger partial charge in [-0.15, -0.1) is 0 Å². The summed E-state index contributed by atoms with van der Waals surface area (Å²) in [5.41, 5.74) is 1.98. The number of hydrogen-bond donors (Lipinski definition) is 2. The van der Waals surface area contributed by atoms with E-state index in [2.05, 4.69) is 23.8 Å². The van der Waals surface area contributed by atoms with Crippen LogP contribution in [0.5, 0.6) is 0 Å². The number of aryl methyl sites for hydroxylation is 1. The largest absolute Gasteiger partial charge is 0.325 e. The van der Waals surface area contributed by atoms with Gasteiger partial charge in [0.1, 0.15) is 0 Å². The van der Waals surface area contributed by atoms with E-state index in [4.69, 9.17) is 0 Å². The van der Waals surface area contributed by atoms with Gasteiger partial charge < -0.3 is 10.6 Å². The number of para-hydroxylation sites is 1. The summed E-state index contributed by atoms with van der Waals surface area (Å²) in [6.45, 7) is 5.42. The molecule has 0 heterocycles. The minimum atomic E-state index is 0.0145. The molecule has 0 aliphatic heterocycles. The average Bonchev–Trinajstić information content (AvgIpc) is 2.32. The fourth-order valence-corrected chi connectivity index (χ4v) is 2.37. The van der Waals surface area contributed by atoms with Gasteiger partial charge in [-0.2, -0.15) is 11.8 Å². The van der Waals surface area contributed by atoms with Crippen LogP contribution in [0.3, 0.4) is 0 Å². The molecule has 18 heavy (non-hydrogen) atoms. The van der Waals surface area contributed by atoms with Crippen LogP contribution in [0.4, 0.5) is 5.69 Å². The fraction of sp³-hybridized carbons (Fsp3) is 0.500. The van der Waals surface area contributed by atoms with Gasteiger partial charge in [0.05, 0.1) is 6.54 Å².